The van der Waals surface area contributed by atoms with Crippen LogP contribution in [0, 0.1) is 22.2 Å². The number of ether oxygens (including phenoxy) is 1. The molecule has 0 aromatic carbocycles. The summed E-state index contributed by atoms with van der Waals surface area (Å²) in [5.41, 5.74) is 0.864. The van der Waals surface area contributed by atoms with Crippen LogP contribution in [0.3, 0.4) is 0 Å². The van der Waals surface area contributed by atoms with Crippen LogP contribution in [0.2, 0.25) is 0 Å². The summed E-state index contributed by atoms with van der Waals surface area (Å²) in [6.45, 7) is 4.76. The highest BCUT2D eigenvalue weighted by atomic mass is 16.5. The van der Waals surface area contributed by atoms with Crippen molar-refractivity contribution in [2.75, 3.05) is 7.11 Å². The average Bonchev–Trinajstić information content (AvgIpc) is 2.21. The summed E-state index contributed by atoms with van der Waals surface area (Å²) in [5, 5.41) is 0. The largest absolute Gasteiger partial charge is 0.463 e. The van der Waals surface area contributed by atoms with Crippen molar-refractivity contribution in [3.8, 4) is 0 Å². The van der Waals surface area contributed by atoms with Gasteiger partial charge in [0.05, 0.1) is 7.11 Å². The fraction of sp³-hybridized carbons (Fsp3) is 0.875. The van der Waals surface area contributed by atoms with Crippen molar-refractivity contribution in [2.45, 2.75) is 58.8 Å². The monoisotopic (exact) mass is 264 g/mol. The first-order valence-electron chi connectivity index (χ1n) is 7.38. The Morgan fingerprint density at radius 3 is 2.11 bits per heavy atom. The van der Waals surface area contributed by atoms with E-state index in [9.17, 15) is 9.59 Å². The average molecular weight is 264 g/mol. The van der Waals surface area contributed by atoms with E-state index in [-0.39, 0.29) is 11.2 Å². The second-order valence-corrected chi connectivity index (χ2v) is 8.22. The highest BCUT2D eigenvalue weighted by Gasteiger charge is 2.60. The highest BCUT2D eigenvalue weighted by Crippen LogP contribution is 2.70. The molecule has 0 aromatic heterocycles. The Morgan fingerprint density at radius 2 is 1.63 bits per heavy atom. The molecule has 3 nitrogen and oxygen atoms in total. The molecule has 0 aromatic rings. The fourth-order valence-corrected chi connectivity index (χ4v) is 6.41. The lowest BCUT2D eigenvalue weighted by molar-refractivity contribution is -0.164. The van der Waals surface area contributed by atoms with Gasteiger partial charge >= 0.3 is 5.97 Å². The molecule has 4 atom stereocenters. The molecule has 0 N–H and O–H groups in total. The molecular formula is C16H24O3. The fourth-order valence-electron chi connectivity index (χ4n) is 6.41. The molecule has 4 rings (SSSR count). The van der Waals surface area contributed by atoms with Gasteiger partial charge in [0, 0.05) is 6.42 Å². The van der Waals surface area contributed by atoms with Gasteiger partial charge in [0.1, 0.15) is 0 Å². The zero-order valence-electron chi connectivity index (χ0n) is 12.3. The Bertz CT molecular complexity index is 421. The van der Waals surface area contributed by atoms with Crippen LogP contribution >= 0.6 is 0 Å². The van der Waals surface area contributed by atoms with Crippen molar-refractivity contribution in [1.82, 2.24) is 0 Å². The molecule has 106 valence electrons. The standard InChI is InChI=1S/C16H24O3/c1-14-4-11-5-15(2,8-14)10-16(6-11,9-14)7-12(17)13(18)19-3/h11H,4-10H2,1-3H3/t11?,14-,15+,16?. The lowest BCUT2D eigenvalue weighted by atomic mass is 9.39. The third-order valence-corrected chi connectivity index (χ3v) is 5.69. The maximum atomic E-state index is 12.0. The number of esters is 1. The summed E-state index contributed by atoms with van der Waals surface area (Å²) >= 11 is 0. The molecule has 4 fully saturated rings. The Balaban J connectivity index is 1.85. The van der Waals surface area contributed by atoms with Crippen LogP contribution in [0.4, 0.5) is 0 Å². The second kappa shape index (κ2) is 3.83. The number of carbonyl (C=O) groups is 2. The normalized spacial score (nSPS) is 47.2. The van der Waals surface area contributed by atoms with E-state index in [2.05, 4.69) is 18.6 Å². The number of rotatable bonds is 3. The highest BCUT2D eigenvalue weighted by molar-refractivity contribution is 6.33. The molecule has 0 spiro atoms. The molecule has 3 heteroatoms. The first kappa shape index (κ1) is 13.1. The van der Waals surface area contributed by atoms with Crippen LogP contribution in [0.25, 0.3) is 0 Å². The van der Waals surface area contributed by atoms with Crippen LogP contribution in [-0.4, -0.2) is 18.9 Å². The molecule has 4 saturated carbocycles. The van der Waals surface area contributed by atoms with E-state index in [0.717, 1.165) is 25.2 Å². The molecule has 0 amide bonds. The number of Topliss-reactive ketones (excluding diaryl/α,β-unsaturated/α-hetero) is 1. The van der Waals surface area contributed by atoms with Gasteiger partial charge < -0.3 is 4.74 Å². The molecular weight excluding hydrogens is 240 g/mol. The van der Waals surface area contributed by atoms with Gasteiger partial charge in [0.25, 0.3) is 0 Å². The number of hydrogen-bond acceptors (Lipinski definition) is 3. The SMILES string of the molecule is COC(=O)C(=O)CC12CC3C[C@@](C)(C1)C[C@](C)(C3)C2. The van der Waals surface area contributed by atoms with Crippen molar-refractivity contribution in [2.24, 2.45) is 22.2 Å². The van der Waals surface area contributed by atoms with Crippen LogP contribution in [0.1, 0.15) is 58.8 Å². The Labute approximate surface area is 115 Å². The minimum atomic E-state index is -0.661. The van der Waals surface area contributed by atoms with Gasteiger partial charge in [-0.15, -0.1) is 0 Å². The number of ketones is 1. The summed E-state index contributed by atoms with van der Waals surface area (Å²) in [7, 11) is 1.29. The molecule has 4 aliphatic carbocycles. The summed E-state index contributed by atoms with van der Waals surface area (Å²) in [6.07, 6.45) is 7.71. The quantitative estimate of drug-likeness (QED) is 0.581. The molecule has 4 aliphatic rings. The van der Waals surface area contributed by atoms with Crippen molar-refractivity contribution in [1.29, 1.82) is 0 Å². The summed E-state index contributed by atoms with van der Waals surface area (Å²) in [6, 6.07) is 0. The van der Waals surface area contributed by atoms with Gasteiger partial charge in [-0.2, -0.15) is 0 Å². The van der Waals surface area contributed by atoms with Crippen LogP contribution in [0.5, 0.6) is 0 Å². The molecule has 4 bridgehead atoms. The zero-order chi connectivity index (χ0) is 13.9. The van der Waals surface area contributed by atoms with E-state index in [1.165, 1.54) is 26.4 Å². The van der Waals surface area contributed by atoms with Crippen molar-refractivity contribution < 1.29 is 14.3 Å². The maximum absolute atomic E-state index is 12.0. The minimum absolute atomic E-state index is 0.0776. The zero-order valence-corrected chi connectivity index (χ0v) is 12.3. The minimum Gasteiger partial charge on any atom is -0.463 e. The smallest absolute Gasteiger partial charge is 0.374 e. The Kier molecular flexibility index (Phi) is 2.65. The predicted octanol–water partition coefficient (Wildman–Crippen LogP) is 3.12. The topological polar surface area (TPSA) is 43.4 Å². The molecule has 2 unspecified atom stereocenters. The number of methoxy groups -OCH3 is 1. The van der Waals surface area contributed by atoms with Crippen molar-refractivity contribution in [3.05, 3.63) is 0 Å². The molecule has 0 aliphatic heterocycles. The summed E-state index contributed by atoms with van der Waals surface area (Å²) in [4.78, 5) is 23.4. The third kappa shape index (κ3) is 2.11. The van der Waals surface area contributed by atoms with Gasteiger partial charge in [0.15, 0.2) is 0 Å². The van der Waals surface area contributed by atoms with E-state index in [1.807, 2.05) is 0 Å². The van der Waals surface area contributed by atoms with Crippen molar-refractivity contribution >= 4 is 11.8 Å². The van der Waals surface area contributed by atoms with Gasteiger partial charge in [-0.1, -0.05) is 13.8 Å². The summed E-state index contributed by atoms with van der Waals surface area (Å²) in [5.74, 6) is -0.223. The van der Waals surface area contributed by atoms with Crippen LogP contribution in [0.15, 0.2) is 0 Å². The van der Waals surface area contributed by atoms with Crippen LogP contribution < -0.4 is 0 Å². The number of hydrogen-bond donors (Lipinski definition) is 0. The predicted molar refractivity (Wildman–Crippen MR) is 71.5 cm³/mol. The lowest BCUT2D eigenvalue weighted by Crippen LogP contribution is -2.55. The Morgan fingerprint density at radius 1 is 1.05 bits per heavy atom. The Hall–Kier alpha value is -0.860. The molecule has 0 radical (unpaired) electrons. The van der Waals surface area contributed by atoms with Crippen LogP contribution in [-0.2, 0) is 14.3 Å². The summed E-state index contributed by atoms with van der Waals surface area (Å²) < 4.78 is 4.59. The van der Waals surface area contributed by atoms with Gasteiger partial charge in [-0.25, -0.2) is 4.79 Å². The van der Waals surface area contributed by atoms with E-state index in [0.29, 0.717) is 17.3 Å². The van der Waals surface area contributed by atoms with E-state index < -0.39 is 5.97 Å². The molecule has 19 heavy (non-hydrogen) atoms. The van der Waals surface area contributed by atoms with Gasteiger partial charge in [0.2, 0.25) is 5.78 Å². The first-order chi connectivity index (χ1) is 8.77. The third-order valence-electron chi connectivity index (χ3n) is 5.69. The van der Waals surface area contributed by atoms with E-state index in [1.54, 1.807) is 0 Å². The lowest BCUT2D eigenvalue weighted by Gasteiger charge is -2.65. The molecule has 0 saturated heterocycles. The van der Waals surface area contributed by atoms with Gasteiger partial charge in [-0.3, -0.25) is 4.79 Å². The van der Waals surface area contributed by atoms with E-state index >= 15 is 0 Å². The van der Waals surface area contributed by atoms with Crippen molar-refractivity contribution in [3.63, 3.8) is 0 Å². The maximum Gasteiger partial charge on any atom is 0.374 e. The first-order valence-corrected chi connectivity index (χ1v) is 7.38. The van der Waals surface area contributed by atoms with Gasteiger partial charge in [-0.05, 0) is 60.7 Å². The van der Waals surface area contributed by atoms with E-state index in [4.69, 9.17) is 0 Å². The second-order valence-electron chi connectivity index (χ2n) is 8.22. The number of carbonyl (C=O) groups excluding carboxylic acids is 2. The molecule has 0 heterocycles.